The van der Waals surface area contributed by atoms with Gasteiger partial charge >= 0.3 is 0 Å². The highest BCUT2D eigenvalue weighted by Crippen LogP contribution is 2.35. The summed E-state index contributed by atoms with van der Waals surface area (Å²) in [5.41, 5.74) is 0.839. The zero-order valence-corrected chi connectivity index (χ0v) is 14.4. The van der Waals surface area contributed by atoms with E-state index in [-0.39, 0.29) is 27.6 Å². The smallest absolute Gasteiger partial charge is 0.267 e. The minimum atomic E-state index is -0.642. The van der Waals surface area contributed by atoms with Crippen LogP contribution in [0, 0.1) is 10.1 Å². The van der Waals surface area contributed by atoms with E-state index in [0.29, 0.717) is 10.6 Å². The fourth-order valence-corrected chi connectivity index (χ4v) is 3.24. The van der Waals surface area contributed by atoms with Crippen molar-refractivity contribution < 1.29 is 14.5 Å². The molecule has 132 valence electrons. The second-order valence-electron chi connectivity index (χ2n) is 5.84. The molecule has 0 aromatic heterocycles. The Morgan fingerprint density at radius 3 is 2.41 bits per heavy atom. The Morgan fingerprint density at radius 2 is 1.70 bits per heavy atom. The van der Waals surface area contributed by atoms with Crippen LogP contribution in [0.2, 0.25) is 5.02 Å². The second-order valence-corrected chi connectivity index (χ2v) is 6.28. The quantitative estimate of drug-likeness (QED) is 0.297. The van der Waals surface area contributed by atoms with Crippen molar-refractivity contribution in [3.8, 4) is 0 Å². The number of nitro benzene ring substituents is 1. The maximum absolute atomic E-state index is 12.8. The first-order valence-corrected chi connectivity index (χ1v) is 8.23. The number of non-ortho nitro benzene ring substituents is 1. The van der Waals surface area contributed by atoms with Crippen LogP contribution in [0.5, 0.6) is 0 Å². The third kappa shape index (κ3) is 2.74. The Morgan fingerprint density at radius 1 is 1.00 bits per heavy atom. The first-order valence-electron chi connectivity index (χ1n) is 7.86. The number of hydrogen-bond donors (Lipinski definition) is 0. The molecule has 8 heteroatoms. The number of imide groups is 1. The molecule has 0 aliphatic carbocycles. The lowest BCUT2D eigenvalue weighted by molar-refractivity contribution is -0.383. The van der Waals surface area contributed by atoms with E-state index in [1.165, 1.54) is 30.5 Å². The van der Waals surface area contributed by atoms with Crippen molar-refractivity contribution in [1.82, 2.24) is 5.01 Å². The summed E-state index contributed by atoms with van der Waals surface area (Å²) in [6.07, 6.45) is 1.36. The van der Waals surface area contributed by atoms with Gasteiger partial charge < -0.3 is 0 Å². The maximum Gasteiger partial charge on any atom is 0.282 e. The molecule has 1 aliphatic heterocycles. The fourth-order valence-electron chi connectivity index (χ4n) is 3.04. The molecule has 4 rings (SSSR count). The van der Waals surface area contributed by atoms with Gasteiger partial charge in [-0.1, -0.05) is 29.8 Å². The second kappa shape index (κ2) is 6.30. The topological polar surface area (TPSA) is 92.9 Å². The SMILES string of the molecule is O=C1c2cccc3c([N+](=O)[O-])ccc(c23)C(=O)N1/N=C\c1cccc(Cl)c1. The average Bonchev–Trinajstić information content (AvgIpc) is 2.65. The molecule has 0 unspecified atom stereocenters. The van der Waals surface area contributed by atoms with E-state index in [9.17, 15) is 19.7 Å². The Kier molecular flexibility index (Phi) is 3.93. The van der Waals surface area contributed by atoms with E-state index in [1.54, 1.807) is 30.3 Å². The van der Waals surface area contributed by atoms with Gasteiger partial charge in [-0.2, -0.15) is 10.1 Å². The van der Waals surface area contributed by atoms with Crippen molar-refractivity contribution in [3.05, 3.63) is 86.4 Å². The molecule has 0 fully saturated rings. The van der Waals surface area contributed by atoms with Gasteiger partial charge in [-0.15, -0.1) is 0 Å². The van der Waals surface area contributed by atoms with Crippen LogP contribution in [0.4, 0.5) is 5.69 Å². The van der Waals surface area contributed by atoms with Gasteiger partial charge in [0.15, 0.2) is 0 Å². The van der Waals surface area contributed by atoms with Crippen molar-refractivity contribution in [3.63, 3.8) is 0 Å². The van der Waals surface area contributed by atoms with Crippen LogP contribution in [0.3, 0.4) is 0 Å². The number of nitro groups is 1. The van der Waals surface area contributed by atoms with Gasteiger partial charge in [0.2, 0.25) is 0 Å². The van der Waals surface area contributed by atoms with E-state index in [4.69, 9.17) is 11.6 Å². The number of benzene rings is 3. The lowest BCUT2D eigenvalue weighted by atomic mass is 9.94. The molecule has 0 spiro atoms. The summed E-state index contributed by atoms with van der Waals surface area (Å²) in [4.78, 5) is 36.3. The van der Waals surface area contributed by atoms with Crippen molar-refractivity contribution in [2.24, 2.45) is 5.10 Å². The number of amides is 2. The summed E-state index contributed by atoms with van der Waals surface area (Å²) in [6, 6.07) is 14.0. The van der Waals surface area contributed by atoms with Crippen LogP contribution < -0.4 is 0 Å². The molecule has 0 atom stereocenters. The first-order chi connectivity index (χ1) is 13.0. The van der Waals surface area contributed by atoms with Crippen LogP contribution in [0.25, 0.3) is 10.8 Å². The molecule has 7 nitrogen and oxygen atoms in total. The molecule has 1 heterocycles. The van der Waals surface area contributed by atoms with Gasteiger partial charge in [-0.3, -0.25) is 19.7 Å². The number of nitrogens with zero attached hydrogens (tertiary/aromatic N) is 3. The van der Waals surface area contributed by atoms with Crippen LogP contribution >= 0.6 is 11.6 Å². The Hall–Kier alpha value is -3.58. The van der Waals surface area contributed by atoms with Gasteiger partial charge in [0.25, 0.3) is 17.5 Å². The molecule has 2 amide bonds. The highest BCUT2D eigenvalue weighted by atomic mass is 35.5. The molecule has 3 aromatic carbocycles. The largest absolute Gasteiger partial charge is 0.282 e. The van der Waals surface area contributed by atoms with E-state index >= 15 is 0 Å². The number of hydrogen-bond acceptors (Lipinski definition) is 5. The van der Waals surface area contributed by atoms with Crippen LogP contribution in [0.15, 0.2) is 59.7 Å². The van der Waals surface area contributed by atoms with Gasteiger partial charge in [-0.05, 0) is 35.9 Å². The standard InChI is InChI=1S/C19H10ClN3O4/c20-12-4-1-3-11(9-12)10-21-22-18(24)14-6-2-5-13-16(23(26)27)8-7-15(17(13)14)19(22)25/h1-10H/b21-10-. The molecule has 1 aliphatic rings. The molecule has 0 radical (unpaired) electrons. The van der Waals surface area contributed by atoms with Gasteiger partial charge in [-0.25, -0.2) is 0 Å². The molecule has 0 saturated heterocycles. The molecule has 3 aromatic rings. The van der Waals surface area contributed by atoms with Crippen LogP contribution in [-0.2, 0) is 0 Å². The highest BCUT2D eigenvalue weighted by molar-refractivity contribution is 6.31. The number of carbonyl (C=O) groups is 2. The number of rotatable bonds is 3. The van der Waals surface area contributed by atoms with Gasteiger partial charge in [0, 0.05) is 16.5 Å². The number of carbonyl (C=O) groups excluding carboxylic acids is 2. The molecular weight excluding hydrogens is 370 g/mol. The van der Waals surface area contributed by atoms with Gasteiger partial charge in [0.1, 0.15) is 0 Å². The summed E-state index contributed by atoms with van der Waals surface area (Å²) in [7, 11) is 0. The van der Waals surface area contributed by atoms with Crippen LogP contribution in [0.1, 0.15) is 26.3 Å². The Balaban J connectivity index is 1.83. The van der Waals surface area contributed by atoms with Crippen molar-refractivity contribution in [2.45, 2.75) is 0 Å². The first kappa shape index (κ1) is 16.9. The predicted octanol–water partition coefficient (Wildman–Crippen LogP) is 4.03. The third-order valence-corrected chi connectivity index (χ3v) is 4.47. The van der Waals surface area contributed by atoms with Gasteiger partial charge in [0.05, 0.1) is 27.7 Å². The average molecular weight is 380 g/mol. The number of hydrazone groups is 1. The fraction of sp³-hybridized carbons (Fsp3) is 0. The summed E-state index contributed by atoms with van der Waals surface area (Å²) >= 11 is 5.92. The summed E-state index contributed by atoms with van der Waals surface area (Å²) < 4.78 is 0. The minimum Gasteiger partial charge on any atom is -0.267 e. The lowest BCUT2D eigenvalue weighted by Gasteiger charge is -2.22. The maximum atomic E-state index is 12.8. The highest BCUT2D eigenvalue weighted by Gasteiger charge is 2.34. The predicted molar refractivity (Wildman–Crippen MR) is 100 cm³/mol. The molecule has 0 bridgehead atoms. The monoisotopic (exact) mass is 379 g/mol. The van der Waals surface area contributed by atoms with Crippen molar-refractivity contribution in [1.29, 1.82) is 0 Å². The lowest BCUT2D eigenvalue weighted by Crippen LogP contribution is -2.36. The summed E-state index contributed by atoms with van der Waals surface area (Å²) in [5.74, 6) is -1.28. The molecule has 0 saturated carbocycles. The molecule has 27 heavy (non-hydrogen) atoms. The molecule has 0 N–H and O–H groups in total. The Labute approximate surface area is 157 Å². The molecular formula is C19H10ClN3O4. The zero-order chi connectivity index (χ0) is 19.1. The van der Waals surface area contributed by atoms with E-state index in [0.717, 1.165) is 5.01 Å². The van der Waals surface area contributed by atoms with E-state index in [1.807, 2.05) is 0 Å². The summed E-state index contributed by atoms with van der Waals surface area (Å²) in [6.45, 7) is 0. The zero-order valence-electron chi connectivity index (χ0n) is 13.6. The minimum absolute atomic E-state index is 0.160. The third-order valence-electron chi connectivity index (χ3n) is 4.23. The van der Waals surface area contributed by atoms with Crippen LogP contribution in [-0.4, -0.2) is 28.0 Å². The summed E-state index contributed by atoms with van der Waals surface area (Å²) in [5, 5.41) is 17.0. The van der Waals surface area contributed by atoms with E-state index < -0.39 is 16.7 Å². The van der Waals surface area contributed by atoms with Crippen molar-refractivity contribution in [2.75, 3.05) is 0 Å². The Bertz CT molecular complexity index is 1150. The normalized spacial score (nSPS) is 13.6. The van der Waals surface area contributed by atoms with Crippen molar-refractivity contribution >= 4 is 46.1 Å². The number of halogens is 1. The van der Waals surface area contributed by atoms with E-state index in [2.05, 4.69) is 5.10 Å².